The first-order valence-electron chi connectivity index (χ1n) is 8.90. The molecule has 7 heteroatoms. The van der Waals surface area contributed by atoms with Crippen LogP contribution in [0.4, 0.5) is 0 Å². The van der Waals surface area contributed by atoms with E-state index in [1.54, 1.807) is 19.1 Å². The number of aromatic nitrogens is 1. The van der Waals surface area contributed by atoms with E-state index in [4.69, 9.17) is 4.74 Å². The average Bonchev–Trinajstić information content (AvgIpc) is 2.71. The molecule has 3 aromatic rings. The summed E-state index contributed by atoms with van der Waals surface area (Å²) in [5, 5.41) is 10.0. The van der Waals surface area contributed by atoms with Gasteiger partial charge in [0.25, 0.3) is 5.56 Å². The number of rotatable bonds is 6. The number of ether oxygens (including phenoxy) is 1. The Morgan fingerprint density at radius 3 is 2.45 bits per heavy atom. The minimum atomic E-state index is -0.801. The Morgan fingerprint density at radius 1 is 1.07 bits per heavy atom. The third kappa shape index (κ3) is 4.46. The second kappa shape index (κ2) is 8.87. The van der Waals surface area contributed by atoms with E-state index in [0.717, 1.165) is 10.0 Å². The maximum atomic E-state index is 12.9. The lowest BCUT2D eigenvalue weighted by Gasteiger charge is -2.12. The molecule has 6 nitrogen and oxygen atoms in total. The summed E-state index contributed by atoms with van der Waals surface area (Å²) in [7, 11) is 0. The van der Waals surface area contributed by atoms with Crippen LogP contribution in [0.5, 0.6) is 5.75 Å². The van der Waals surface area contributed by atoms with Gasteiger partial charge in [-0.2, -0.15) is 0 Å². The summed E-state index contributed by atoms with van der Waals surface area (Å²) in [5.41, 5.74) is 0.180. The third-order valence-electron chi connectivity index (χ3n) is 4.29. The zero-order chi connectivity index (χ0) is 21.0. The smallest absolute Gasteiger partial charge is 0.343 e. The van der Waals surface area contributed by atoms with Gasteiger partial charge in [-0.3, -0.25) is 9.59 Å². The van der Waals surface area contributed by atoms with Gasteiger partial charge >= 0.3 is 5.97 Å². The zero-order valence-corrected chi connectivity index (χ0v) is 17.2. The molecule has 148 valence electrons. The molecule has 1 aromatic heterocycles. The standard InChI is InChI=1S/C22H18BrNO5/c1-2-29-22(28)17-11-15(20(26)16-8-4-6-10-19(16)25)13-24(21(17)27)12-14-7-3-5-9-18(14)23/h3-11,13,25H,2,12H2,1H3. The molecule has 0 aliphatic carbocycles. The summed E-state index contributed by atoms with van der Waals surface area (Å²) < 4.78 is 7.06. The normalized spacial score (nSPS) is 10.6. The largest absolute Gasteiger partial charge is 0.507 e. The van der Waals surface area contributed by atoms with Crippen LogP contribution in [0.15, 0.2) is 70.1 Å². The number of phenolic OH excluding ortho intramolecular Hbond substituents is 1. The van der Waals surface area contributed by atoms with Crippen molar-refractivity contribution < 1.29 is 19.4 Å². The first-order chi connectivity index (χ1) is 13.9. The molecular weight excluding hydrogens is 438 g/mol. The lowest BCUT2D eigenvalue weighted by atomic mass is 10.0. The minimum Gasteiger partial charge on any atom is -0.507 e. The van der Waals surface area contributed by atoms with Gasteiger partial charge in [0.15, 0.2) is 5.78 Å². The van der Waals surface area contributed by atoms with Crippen molar-refractivity contribution in [2.75, 3.05) is 6.61 Å². The van der Waals surface area contributed by atoms with E-state index in [2.05, 4.69) is 15.9 Å². The molecule has 1 heterocycles. The molecule has 0 spiro atoms. The maximum absolute atomic E-state index is 12.9. The second-order valence-electron chi connectivity index (χ2n) is 6.23. The van der Waals surface area contributed by atoms with Crippen LogP contribution in [-0.2, 0) is 11.3 Å². The number of aromatic hydroxyl groups is 1. The van der Waals surface area contributed by atoms with E-state index in [9.17, 15) is 19.5 Å². The number of halogens is 1. The Balaban J connectivity index is 2.14. The minimum absolute atomic E-state index is 0.0772. The SMILES string of the molecule is CCOC(=O)c1cc(C(=O)c2ccccc2O)cn(Cc2ccccc2Br)c1=O. The highest BCUT2D eigenvalue weighted by Crippen LogP contribution is 2.21. The number of carbonyl (C=O) groups is 2. The molecule has 29 heavy (non-hydrogen) atoms. The first kappa shape index (κ1) is 20.5. The number of nitrogens with zero attached hydrogens (tertiary/aromatic N) is 1. The van der Waals surface area contributed by atoms with Crippen LogP contribution in [0, 0.1) is 0 Å². The van der Waals surface area contributed by atoms with E-state index in [0.29, 0.717) is 0 Å². The molecule has 0 unspecified atom stereocenters. The first-order valence-corrected chi connectivity index (χ1v) is 9.69. The molecule has 0 aliphatic heterocycles. The number of phenols is 1. The van der Waals surface area contributed by atoms with Crippen molar-refractivity contribution in [3.63, 3.8) is 0 Å². The molecule has 0 radical (unpaired) electrons. The molecule has 0 atom stereocenters. The molecular formula is C22H18BrNO5. The third-order valence-corrected chi connectivity index (χ3v) is 5.06. The Labute approximate surface area is 175 Å². The van der Waals surface area contributed by atoms with Gasteiger partial charge in [0.2, 0.25) is 0 Å². The van der Waals surface area contributed by atoms with Crippen molar-refractivity contribution in [1.29, 1.82) is 0 Å². The number of para-hydroxylation sites is 1. The van der Waals surface area contributed by atoms with E-state index in [-0.39, 0.29) is 35.6 Å². The van der Waals surface area contributed by atoms with Gasteiger partial charge in [-0.1, -0.05) is 46.3 Å². The van der Waals surface area contributed by atoms with Gasteiger partial charge < -0.3 is 14.4 Å². The second-order valence-corrected chi connectivity index (χ2v) is 7.09. The van der Waals surface area contributed by atoms with E-state index < -0.39 is 17.3 Å². The summed E-state index contributed by atoms with van der Waals surface area (Å²) in [6.07, 6.45) is 1.39. The fraction of sp³-hybridized carbons (Fsp3) is 0.136. The predicted octanol–water partition coefficient (Wildman–Crippen LogP) is 3.77. The maximum Gasteiger partial charge on any atom is 0.343 e. The van der Waals surface area contributed by atoms with Crippen LogP contribution in [-0.4, -0.2) is 28.0 Å². The quantitative estimate of drug-likeness (QED) is 0.451. The Hall–Kier alpha value is -3.19. The summed E-state index contributed by atoms with van der Waals surface area (Å²) in [6, 6.07) is 14.7. The fourth-order valence-corrected chi connectivity index (χ4v) is 3.27. The number of pyridine rings is 1. The number of esters is 1. The van der Waals surface area contributed by atoms with Crippen LogP contribution in [0.25, 0.3) is 0 Å². The Bertz CT molecular complexity index is 1140. The van der Waals surface area contributed by atoms with Crippen molar-refractivity contribution >= 4 is 27.7 Å². The van der Waals surface area contributed by atoms with Gasteiger partial charge in [0, 0.05) is 16.2 Å². The Morgan fingerprint density at radius 2 is 1.76 bits per heavy atom. The van der Waals surface area contributed by atoms with Crippen molar-refractivity contribution in [3.8, 4) is 5.75 Å². The topological polar surface area (TPSA) is 85.6 Å². The number of hydrogen-bond acceptors (Lipinski definition) is 5. The molecule has 3 rings (SSSR count). The molecule has 0 amide bonds. The van der Waals surface area contributed by atoms with E-state index >= 15 is 0 Å². The highest BCUT2D eigenvalue weighted by atomic mass is 79.9. The molecule has 2 aromatic carbocycles. The summed E-state index contributed by atoms with van der Waals surface area (Å²) >= 11 is 3.44. The van der Waals surface area contributed by atoms with Gasteiger partial charge in [-0.15, -0.1) is 0 Å². The van der Waals surface area contributed by atoms with Crippen molar-refractivity contribution in [2.24, 2.45) is 0 Å². The number of hydrogen-bond donors (Lipinski definition) is 1. The molecule has 1 N–H and O–H groups in total. The van der Waals surface area contributed by atoms with Gasteiger partial charge in [-0.25, -0.2) is 4.79 Å². The zero-order valence-electron chi connectivity index (χ0n) is 15.6. The molecule has 0 saturated carbocycles. The highest BCUT2D eigenvalue weighted by molar-refractivity contribution is 9.10. The predicted molar refractivity (Wildman–Crippen MR) is 111 cm³/mol. The van der Waals surface area contributed by atoms with Crippen LogP contribution in [0.2, 0.25) is 0 Å². The molecule has 0 aliphatic rings. The van der Waals surface area contributed by atoms with Crippen molar-refractivity contribution in [1.82, 2.24) is 4.57 Å². The van der Waals surface area contributed by atoms with Crippen LogP contribution >= 0.6 is 15.9 Å². The average molecular weight is 456 g/mol. The number of ketones is 1. The summed E-state index contributed by atoms with van der Waals surface area (Å²) in [4.78, 5) is 38.1. The van der Waals surface area contributed by atoms with E-state index in [1.807, 2.05) is 24.3 Å². The van der Waals surface area contributed by atoms with Gasteiger partial charge in [0.1, 0.15) is 11.3 Å². The highest BCUT2D eigenvalue weighted by Gasteiger charge is 2.21. The van der Waals surface area contributed by atoms with Crippen LogP contribution < -0.4 is 5.56 Å². The lowest BCUT2D eigenvalue weighted by molar-refractivity contribution is 0.0523. The lowest BCUT2D eigenvalue weighted by Crippen LogP contribution is -2.29. The van der Waals surface area contributed by atoms with Crippen LogP contribution in [0.1, 0.15) is 38.8 Å². The number of benzene rings is 2. The summed E-state index contributed by atoms with van der Waals surface area (Å²) in [6.45, 7) is 1.88. The molecule has 0 saturated heterocycles. The Kier molecular flexibility index (Phi) is 6.29. The summed E-state index contributed by atoms with van der Waals surface area (Å²) in [5.74, 6) is -1.49. The van der Waals surface area contributed by atoms with Crippen molar-refractivity contribution in [2.45, 2.75) is 13.5 Å². The van der Waals surface area contributed by atoms with E-state index in [1.165, 1.54) is 29.0 Å². The van der Waals surface area contributed by atoms with Gasteiger partial charge in [-0.05, 0) is 36.8 Å². The number of carbonyl (C=O) groups excluding carboxylic acids is 2. The van der Waals surface area contributed by atoms with Crippen LogP contribution in [0.3, 0.4) is 0 Å². The molecule has 0 bridgehead atoms. The monoisotopic (exact) mass is 455 g/mol. The molecule has 0 fully saturated rings. The van der Waals surface area contributed by atoms with Gasteiger partial charge in [0.05, 0.1) is 18.7 Å². The van der Waals surface area contributed by atoms with Crippen molar-refractivity contribution in [3.05, 3.63) is 97.9 Å². The fourth-order valence-electron chi connectivity index (χ4n) is 2.86.